The molecule has 2 amide bonds. The summed E-state index contributed by atoms with van der Waals surface area (Å²) in [5.74, 6) is 0.818. The van der Waals surface area contributed by atoms with Gasteiger partial charge in [-0.2, -0.15) is 5.10 Å². The Bertz CT molecular complexity index is 1170. The summed E-state index contributed by atoms with van der Waals surface area (Å²) in [6.07, 6.45) is 4.57. The van der Waals surface area contributed by atoms with Crippen molar-refractivity contribution in [2.75, 3.05) is 25.0 Å². The standard InChI is InChI=1S/C25H26N4O5/c30-17-6-3-11-28(16-17)25(32)18-7-1-2-8-19(18)26-15-24(31)29-21(23-10-5-13-34-23)14-20(27-29)22-9-4-12-33-22/h1-2,4-5,7-10,12-13,17,21,26,30H,3,6,11,14-16H2. The third kappa shape index (κ3) is 4.47. The van der Waals surface area contributed by atoms with Crippen LogP contribution < -0.4 is 5.32 Å². The van der Waals surface area contributed by atoms with Crippen LogP contribution in [0.3, 0.4) is 0 Å². The van der Waals surface area contributed by atoms with E-state index >= 15 is 0 Å². The van der Waals surface area contributed by atoms with Crippen molar-refractivity contribution in [1.82, 2.24) is 9.91 Å². The third-order valence-electron chi connectivity index (χ3n) is 6.11. The lowest BCUT2D eigenvalue weighted by Crippen LogP contribution is -2.42. The molecule has 2 atom stereocenters. The fraction of sp³-hybridized carbons (Fsp3) is 0.320. The Labute approximate surface area is 196 Å². The highest BCUT2D eigenvalue weighted by molar-refractivity contribution is 6.02. The van der Waals surface area contributed by atoms with Crippen LogP contribution in [-0.4, -0.2) is 58.3 Å². The number of rotatable bonds is 6. The number of hydrogen-bond acceptors (Lipinski definition) is 7. The van der Waals surface area contributed by atoms with Gasteiger partial charge >= 0.3 is 0 Å². The lowest BCUT2D eigenvalue weighted by Gasteiger charge is -2.30. The molecule has 1 fully saturated rings. The number of carbonyl (C=O) groups excluding carboxylic acids is 2. The van der Waals surface area contributed by atoms with Crippen molar-refractivity contribution in [2.45, 2.75) is 31.4 Å². The van der Waals surface area contributed by atoms with Gasteiger partial charge in [-0.25, -0.2) is 5.01 Å². The molecule has 9 heteroatoms. The van der Waals surface area contributed by atoms with Gasteiger partial charge in [-0.1, -0.05) is 12.1 Å². The fourth-order valence-electron chi connectivity index (χ4n) is 4.42. The first kappa shape index (κ1) is 22.0. The largest absolute Gasteiger partial charge is 0.467 e. The Morgan fingerprint density at radius 1 is 1.09 bits per heavy atom. The van der Waals surface area contributed by atoms with Gasteiger partial charge in [-0.3, -0.25) is 9.59 Å². The minimum absolute atomic E-state index is 0.0565. The van der Waals surface area contributed by atoms with Gasteiger partial charge in [0.15, 0.2) is 0 Å². The number of β-amino-alcohol motifs (C(OH)–C–C–N with tert-alkyl or cyclic N) is 1. The minimum atomic E-state index is -0.505. The molecule has 0 bridgehead atoms. The van der Waals surface area contributed by atoms with Gasteiger partial charge in [0.25, 0.3) is 11.8 Å². The highest BCUT2D eigenvalue weighted by Crippen LogP contribution is 2.33. The number of hydrazone groups is 1. The number of para-hydroxylation sites is 1. The predicted octanol–water partition coefficient (Wildman–Crippen LogP) is 3.26. The maximum Gasteiger partial charge on any atom is 0.262 e. The molecule has 0 radical (unpaired) electrons. The molecule has 9 nitrogen and oxygen atoms in total. The summed E-state index contributed by atoms with van der Waals surface area (Å²) in [4.78, 5) is 28.0. The third-order valence-corrected chi connectivity index (χ3v) is 6.11. The Kier molecular flexibility index (Phi) is 6.18. The summed E-state index contributed by atoms with van der Waals surface area (Å²) >= 11 is 0. The number of amides is 2. The van der Waals surface area contributed by atoms with Crippen LogP contribution >= 0.6 is 0 Å². The summed E-state index contributed by atoms with van der Waals surface area (Å²) in [6, 6.07) is 13.9. The van der Waals surface area contributed by atoms with E-state index < -0.39 is 6.10 Å². The van der Waals surface area contributed by atoms with E-state index in [1.807, 2.05) is 18.2 Å². The monoisotopic (exact) mass is 462 g/mol. The summed E-state index contributed by atoms with van der Waals surface area (Å²) in [6.45, 7) is 0.861. The van der Waals surface area contributed by atoms with E-state index in [1.165, 1.54) is 5.01 Å². The van der Waals surface area contributed by atoms with Gasteiger partial charge in [0.2, 0.25) is 0 Å². The molecule has 0 spiro atoms. The molecule has 2 N–H and O–H groups in total. The van der Waals surface area contributed by atoms with Crippen molar-refractivity contribution in [1.29, 1.82) is 0 Å². The van der Waals surface area contributed by atoms with Crippen LogP contribution in [0.4, 0.5) is 5.69 Å². The first-order chi connectivity index (χ1) is 16.6. The zero-order valence-corrected chi connectivity index (χ0v) is 18.6. The number of benzene rings is 1. The number of anilines is 1. The molecule has 34 heavy (non-hydrogen) atoms. The molecule has 1 saturated heterocycles. The fourth-order valence-corrected chi connectivity index (χ4v) is 4.42. The second-order valence-electron chi connectivity index (χ2n) is 8.44. The van der Waals surface area contributed by atoms with Gasteiger partial charge in [0.1, 0.15) is 23.3 Å². The van der Waals surface area contributed by atoms with Crippen LogP contribution in [0.25, 0.3) is 0 Å². The Hall–Kier alpha value is -3.85. The van der Waals surface area contributed by atoms with Crippen LogP contribution in [0.15, 0.2) is 75.0 Å². The van der Waals surface area contributed by atoms with Crippen molar-refractivity contribution in [3.63, 3.8) is 0 Å². The number of likely N-dealkylation sites (tertiary alicyclic amines) is 1. The van der Waals surface area contributed by atoms with E-state index in [0.29, 0.717) is 54.4 Å². The Morgan fingerprint density at radius 3 is 2.68 bits per heavy atom. The molecule has 176 valence electrons. The summed E-state index contributed by atoms with van der Waals surface area (Å²) in [5, 5.41) is 19.0. The quantitative estimate of drug-likeness (QED) is 0.582. The lowest BCUT2D eigenvalue weighted by molar-refractivity contribution is -0.131. The molecule has 5 rings (SSSR count). The van der Waals surface area contributed by atoms with Gasteiger partial charge in [0.05, 0.1) is 30.7 Å². The zero-order valence-electron chi connectivity index (χ0n) is 18.6. The summed E-state index contributed by atoms with van der Waals surface area (Å²) < 4.78 is 11.0. The van der Waals surface area contributed by atoms with Gasteiger partial charge in [-0.15, -0.1) is 0 Å². The Morgan fingerprint density at radius 2 is 1.91 bits per heavy atom. The molecule has 0 aliphatic carbocycles. The molecule has 2 unspecified atom stereocenters. The predicted molar refractivity (Wildman–Crippen MR) is 124 cm³/mol. The summed E-state index contributed by atoms with van der Waals surface area (Å²) in [5.41, 5.74) is 1.69. The van der Waals surface area contributed by atoms with E-state index in [0.717, 1.165) is 6.42 Å². The Balaban J connectivity index is 1.32. The van der Waals surface area contributed by atoms with Gasteiger partial charge in [0, 0.05) is 25.2 Å². The first-order valence-corrected chi connectivity index (χ1v) is 11.4. The van der Waals surface area contributed by atoms with E-state index in [4.69, 9.17) is 8.83 Å². The van der Waals surface area contributed by atoms with E-state index in [2.05, 4.69) is 10.4 Å². The normalized spacial score (nSPS) is 20.3. The highest BCUT2D eigenvalue weighted by atomic mass is 16.3. The van der Waals surface area contributed by atoms with E-state index in [9.17, 15) is 14.7 Å². The smallest absolute Gasteiger partial charge is 0.262 e. The van der Waals surface area contributed by atoms with Gasteiger partial charge in [-0.05, 0) is 49.2 Å². The van der Waals surface area contributed by atoms with E-state index in [1.54, 1.807) is 47.8 Å². The molecule has 2 aliphatic heterocycles. The second-order valence-corrected chi connectivity index (χ2v) is 8.44. The number of nitrogens with one attached hydrogen (secondary N) is 1. The molecular formula is C25H26N4O5. The van der Waals surface area contributed by atoms with Crippen molar-refractivity contribution < 1.29 is 23.5 Å². The number of aliphatic hydroxyl groups is 1. The average Bonchev–Trinajstić information content (AvgIpc) is 3.63. The average molecular weight is 463 g/mol. The van der Waals surface area contributed by atoms with Crippen molar-refractivity contribution in [2.24, 2.45) is 5.10 Å². The maximum atomic E-state index is 13.2. The zero-order chi connectivity index (χ0) is 23.5. The second kappa shape index (κ2) is 9.56. The van der Waals surface area contributed by atoms with Crippen LogP contribution in [0.2, 0.25) is 0 Å². The first-order valence-electron chi connectivity index (χ1n) is 11.4. The maximum absolute atomic E-state index is 13.2. The molecule has 2 aromatic heterocycles. The molecule has 3 aromatic rings. The molecular weight excluding hydrogens is 436 g/mol. The highest BCUT2D eigenvalue weighted by Gasteiger charge is 2.35. The molecule has 2 aliphatic rings. The lowest BCUT2D eigenvalue weighted by atomic mass is 10.1. The number of piperidine rings is 1. The van der Waals surface area contributed by atoms with Crippen molar-refractivity contribution in [3.05, 3.63) is 78.1 Å². The molecule has 1 aromatic carbocycles. The number of aliphatic hydroxyl groups excluding tert-OH is 1. The number of carbonyl (C=O) groups is 2. The van der Waals surface area contributed by atoms with Crippen LogP contribution in [-0.2, 0) is 4.79 Å². The number of furan rings is 2. The van der Waals surface area contributed by atoms with E-state index in [-0.39, 0.29) is 24.4 Å². The minimum Gasteiger partial charge on any atom is -0.467 e. The van der Waals surface area contributed by atoms with Crippen LogP contribution in [0.1, 0.15) is 47.2 Å². The van der Waals surface area contributed by atoms with Crippen molar-refractivity contribution >= 4 is 23.2 Å². The number of nitrogens with zero attached hydrogens (tertiary/aromatic N) is 3. The molecule has 4 heterocycles. The van der Waals surface area contributed by atoms with Crippen molar-refractivity contribution in [3.8, 4) is 0 Å². The summed E-state index contributed by atoms with van der Waals surface area (Å²) in [7, 11) is 0. The molecule has 0 saturated carbocycles. The number of hydrogen-bond donors (Lipinski definition) is 2. The van der Waals surface area contributed by atoms with Crippen LogP contribution in [0, 0.1) is 0 Å². The SMILES string of the molecule is O=C(c1ccccc1NCC(=O)N1N=C(c2ccco2)CC1c1ccco1)N1CCCC(O)C1. The van der Waals surface area contributed by atoms with Crippen LogP contribution in [0.5, 0.6) is 0 Å². The van der Waals surface area contributed by atoms with Gasteiger partial charge < -0.3 is 24.2 Å². The topological polar surface area (TPSA) is 112 Å².